The monoisotopic (exact) mass is 254 g/mol. The molecule has 0 bridgehead atoms. The Kier molecular flexibility index (Phi) is 14.5. The van der Waals surface area contributed by atoms with Gasteiger partial charge < -0.3 is 5.11 Å². The third kappa shape index (κ3) is 13.8. The molecule has 0 rings (SSSR count). The smallest absolute Gasteiger partial charge is 0.0540 e. The van der Waals surface area contributed by atoms with Crippen molar-refractivity contribution in [2.75, 3.05) is 0 Å². The second-order valence-corrected chi connectivity index (χ2v) is 5.49. The highest BCUT2D eigenvalue weighted by molar-refractivity contribution is 4.66. The Bertz CT molecular complexity index is 165. The zero-order valence-corrected chi connectivity index (χ0v) is 12.5. The summed E-state index contributed by atoms with van der Waals surface area (Å²) in [5, 5.41) is 9.83. The summed E-state index contributed by atoms with van der Waals surface area (Å²) in [5.74, 6) is 0. The van der Waals surface area contributed by atoms with Gasteiger partial charge in [-0.15, -0.1) is 6.58 Å². The second kappa shape index (κ2) is 14.8. The summed E-state index contributed by atoms with van der Waals surface area (Å²) in [7, 11) is 0. The zero-order valence-electron chi connectivity index (χ0n) is 12.5. The van der Waals surface area contributed by atoms with Gasteiger partial charge in [0.1, 0.15) is 0 Å². The highest BCUT2D eigenvalue weighted by Crippen LogP contribution is 2.13. The first-order valence-corrected chi connectivity index (χ1v) is 8.10. The van der Waals surface area contributed by atoms with Crippen LogP contribution < -0.4 is 0 Å². The molecule has 0 unspecified atom stereocenters. The van der Waals surface area contributed by atoms with Crippen LogP contribution in [-0.4, -0.2) is 11.2 Å². The zero-order chi connectivity index (χ0) is 13.5. The maximum atomic E-state index is 9.83. The predicted molar refractivity (Wildman–Crippen MR) is 81.9 cm³/mol. The molecule has 0 fully saturated rings. The average molecular weight is 254 g/mol. The van der Waals surface area contributed by atoms with Crippen LogP contribution in [0.3, 0.4) is 0 Å². The third-order valence-corrected chi connectivity index (χ3v) is 3.59. The summed E-state index contributed by atoms with van der Waals surface area (Å²) < 4.78 is 0. The number of allylic oxidation sites excluding steroid dienone is 1. The molecule has 0 saturated heterocycles. The van der Waals surface area contributed by atoms with Gasteiger partial charge in [-0.1, -0.05) is 70.8 Å². The standard InChI is InChI=1S/C17H34O/c1-3-5-7-9-10-12-14-16-17(18)15-13-11-8-6-4-2/h4,17-18H,2-3,5-16H2,1H3/t17-/m1/s1. The van der Waals surface area contributed by atoms with Crippen LogP contribution in [-0.2, 0) is 0 Å². The van der Waals surface area contributed by atoms with Crippen molar-refractivity contribution in [2.45, 2.75) is 96.5 Å². The van der Waals surface area contributed by atoms with Crippen molar-refractivity contribution in [1.29, 1.82) is 0 Å². The van der Waals surface area contributed by atoms with Crippen LogP contribution in [0.25, 0.3) is 0 Å². The first-order valence-electron chi connectivity index (χ1n) is 8.10. The Balaban J connectivity index is 3.11. The fourth-order valence-electron chi connectivity index (χ4n) is 2.33. The molecule has 18 heavy (non-hydrogen) atoms. The van der Waals surface area contributed by atoms with E-state index in [0.717, 1.165) is 19.3 Å². The van der Waals surface area contributed by atoms with Crippen molar-refractivity contribution in [3.8, 4) is 0 Å². The molecule has 0 saturated carbocycles. The van der Waals surface area contributed by atoms with E-state index in [-0.39, 0.29) is 6.10 Å². The minimum absolute atomic E-state index is 0.0515. The summed E-state index contributed by atoms with van der Waals surface area (Å²) in [5.41, 5.74) is 0. The highest BCUT2D eigenvalue weighted by Gasteiger charge is 2.03. The van der Waals surface area contributed by atoms with Gasteiger partial charge >= 0.3 is 0 Å². The van der Waals surface area contributed by atoms with Crippen molar-refractivity contribution in [1.82, 2.24) is 0 Å². The van der Waals surface area contributed by atoms with Crippen LogP contribution >= 0.6 is 0 Å². The Morgan fingerprint density at radius 1 is 0.833 bits per heavy atom. The van der Waals surface area contributed by atoms with Gasteiger partial charge in [-0.2, -0.15) is 0 Å². The SMILES string of the molecule is C=CCCCCC[C@@H](O)CCCCCCCCC. The molecule has 1 nitrogen and oxygen atoms in total. The minimum atomic E-state index is -0.0515. The normalized spacial score (nSPS) is 12.6. The minimum Gasteiger partial charge on any atom is -0.393 e. The summed E-state index contributed by atoms with van der Waals surface area (Å²) in [4.78, 5) is 0. The molecule has 0 radical (unpaired) electrons. The van der Waals surface area contributed by atoms with E-state index in [1.165, 1.54) is 64.2 Å². The quantitative estimate of drug-likeness (QED) is 0.315. The Morgan fingerprint density at radius 2 is 1.33 bits per heavy atom. The van der Waals surface area contributed by atoms with E-state index in [1.807, 2.05) is 6.08 Å². The topological polar surface area (TPSA) is 20.2 Å². The molecule has 0 aliphatic heterocycles. The third-order valence-electron chi connectivity index (χ3n) is 3.59. The first kappa shape index (κ1) is 17.7. The highest BCUT2D eigenvalue weighted by atomic mass is 16.3. The maximum Gasteiger partial charge on any atom is 0.0540 e. The largest absolute Gasteiger partial charge is 0.393 e. The Morgan fingerprint density at radius 3 is 1.89 bits per heavy atom. The summed E-state index contributed by atoms with van der Waals surface area (Å²) in [6, 6.07) is 0. The molecule has 0 aromatic heterocycles. The van der Waals surface area contributed by atoms with Crippen LogP contribution in [0, 0.1) is 0 Å². The fraction of sp³-hybridized carbons (Fsp3) is 0.882. The van der Waals surface area contributed by atoms with E-state index in [2.05, 4.69) is 13.5 Å². The van der Waals surface area contributed by atoms with Gasteiger partial charge in [-0.3, -0.25) is 0 Å². The van der Waals surface area contributed by atoms with Crippen molar-refractivity contribution >= 4 is 0 Å². The van der Waals surface area contributed by atoms with E-state index >= 15 is 0 Å². The molecule has 0 aromatic carbocycles. The van der Waals surface area contributed by atoms with Gasteiger partial charge in [0.15, 0.2) is 0 Å². The lowest BCUT2D eigenvalue weighted by atomic mass is 10.0. The molecule has 0 aromatic rings. The van der Waals surface area contributed by atoms with E-state index < -0.39 is 0 Å². The molecule has 1 heteroatoms. The number of aliphatic hydroxyl groups excluding tert-OH is 1. The van der Waals surface area contributed by atoms with Crippen LogP contribution in [0.2, 0.25) is 0 Å². The van der Waals surface area contributed by atoms with Crippen LogP contribution in [0.15, 0.2) is 12.7 Å². The Labute approximate surface area is 115 Å². The summed E-state index contributed by atoms with van der Waals surface area (Å²) >= 11 is 0. The molecule has 0 aliphatic rings. The lowest BCUT2D eigenvalue weighted by Crippen LogP contribution is -2.05. The molecule has 0 amide bonds. The van der Waals surface area contributed by atoms with Gasteiger partial charge in [0.2, 0.25) is 0 Å². The molecule has 0 spiro atoms. The van der Waals surface area contributed by atoms with E-state index in [1.54, 1.807) is 0 Å². The number of unbranched alkanes of at least 4 members (excludes halogenated alkanes) is 9. The van der Waals surface area contributed by atoms with Crippen LogP contribution in [0.1, 0.15) is 90.4 Å². The van der Waals surface area contributed by atoms with Crippen molar-refractivity contribution in [2.24, 2.45) is 0 Å². The van der Waals surface area contributed by atoms with Gasteiger partial charge in [0.25, 0.3) is 0 Å². The molecule has 0 heterocycles. The predicted octanol–water partition coefficient (Wildman–Crippen LogP) is 5.62. The summed E-state index contributed by atoms with van der Waals surface area (Å²) in [6.07, 6.45) is 18.0. The average Bonchev–Trinajstić information content (AvgIpc) is 2.37. The van der Waals surface area contributed by atoms with Crippen molar-refractivity contribution in [3.63, 3.8) is 0 Å². The molecule has 1 N–H and O–H groups in total. The number of rotatable bonds is 14. The summed E-state index contributed by atoms with van der Waals surface area (Å²) in [6.45, 7) is 5.98. The molecule has 108 valence electrons. The van der Waals surface area contributed by atoms with Crippen LogP contribution in [0.5, 0.6) is 0 Å². The molecule has 0 aliphatic carbocycles. The van der Waals surface area contributed by atoms with E-state index in [4.69, 9.17) is 0 Å². The van der Waals surface area contributed by atoms with Crippen molar-refractivity contribution < 1.29 is 5.11 Å². The molecular weight excluding hydrogens is 220 g/mol. The number of hydrogen-bond acceptors (Lipinski definition) is 1. The van der Waals surface area contributed by atoms with Crippen molar-refractivity contribution in [3.05, 3.63) is 12.7 Å². The van der Waals surface area contributed by atoms with E-state index in [9.17, 15) is 5.11 Å². The fourth-order valence-corrected chi connectivity index (χ4v) is 2.33. The number of hydrogen-bond donors (Lipinski definition) is 1. The lowest BCUT2D eigenvalue weighted by Gasteiger charge is -2.10. The molecular formula is C17H34O. The van der Waals surface area contributed by atoms with Gasteiger partial charge in [-0.05, 0) is 25.7 Å². The van der Waals surface area contributed by atoms with Gasteiger partial charge in [0, 0.05) is 0 Å². The van der Waals surface area contributed by atoms with Crippen LogP contribution in [0.4, 0.5) is 0 Å². The first-order chi connectivity index (χ1) is 8.81. The van der Waals surface area contributed by atoms with E-state index in [0.29, 0.717) is 0 Å². The Hall–Kier alpha value is -0.300. The second-order valence-electron chi connectivity index (χ2n) is 5.49. The van der Waals surface area contributed by atoms with Gasteiger partial charge in [-0.25, -0.2) is 0 Å². The lowest BCUT2D eigenvalue weighted by molar-refractivity contribution is 0.147. The molecule has 1 atom stereocenters. The van der Waals surface area contributed by atoms with Gasteiger partial charge in [0.05, 0.1) is 6.10 Å². The maximum absolute atomic E-state index is 9.83. The number of aliphatic hydroxyl groups is 1.